The van der Waals surface area contributed by atoms with Crippen LogP contribution in [0.1, 0.15) is 59.8 Å². The minimum Gasteiger partial charge on any atom is -0.481 e. The molecule has 0 radical (unpaired) electrons. The van der Waals surface area contributed by atoms with E-state index >= 15 is 0 Å². The molecule has 3 aromatic heterocycles. The molecule has 46 heavy (non-hydrogen) atoms. The molecule has 4 heterocycles. The first-order chi connectivity index (χ1) is 21.6. The van der Waals surface area contributed by atoms with Gasteiger partial charge in [-0.1, -0.05) is 18.2 Å². The van der Waals surface area contributed by atoms with Crippen LogP contribution in [0.2, 0.25) is 0 Å². The van der Waals surface area contributed by atoms with Crippen molar-refractivity contribution in [3.63, 3.8) is 0 Å². The molecule has 15 heteroatoms. The Kier molecular flexibility index (Phi) is 9.12. The second kappa shape index (κ2) is 12.6. The van der Waals surface area contributed by atoms with E-state index in [1.54, 1.807) is 39.0 Å². The molecule has 1 atom stereocenters. The summed E-state index contributed by atoms with van der Waals surface area (Å²) in [7, 11) is -4.07. The van der Waals surface area contributed by atoms with Gasteiger partial charge in [-0.25, -0.2) is 13.4 Å². The molecule has 0 spiro atoms. The zero-order valence-corrected chi connectivity index (χ0v) is 26.6. The summed E-state index contributed by atoms with van der Waals surface area (Å²) in [5.41, 5.74) is 1.30. The van der Waals surface area contributed by atoms with Gasteiger partial charge < -0.3 is 15.2 Å². The Labute approximate surface area is 264 Å². The standard InChI is InChI=1S/C31H35F3N6O5S/c1-19-8-9-21(17-22(19)18-39-14-6-11-35-13-16-45-27-24(46(39,43)44)7-5-12-36-27)25(30(3,4)29(41)42)23-10-15-40-26(20(23)2)37-38-28(40)31(32,33)34/h5,7-10,12,15,17,25,35H,6,11,13-14,16,18H2,1-4H3,(H,41,42)/t25-/m0/s1. The summed E-state index contributed by atoms with van der Waals surface area (Å²) < 4.78 is 76.6. The van der Waals surface area contributed by atoms with E-state index in [-0.39, 0.29) is 36.1 Å². The number of carboxylic acids is 1. The van der Waals surface area contributed by atoms with Gasteiger partial charge >= 0.3 is 12.1 Å². The number of aliphatic carboxylic acids is 1. The molecule has 0 unspecified atom stereocenters. The minimum absolute atomic E-state index is 0.0120. The van der Waals surface area contributed by atoms with Crippen LogP contribution in [0, 0.1) is 19.3 Å². The van der Waals surface area contributed by atoms with Crippen LogP contribution in [-0.4, -0.2) is 69.6 Å². The number of pyridine rings is 2. The highest BCUT2D eigenvalue weighted by molar-refractivity contribution is 7.89. The lowest BCUT2D eigenvalue weighted by Crippen LogP contribution is -2.34. The van der Waals surface area contributed by atoms with Gasteiger partial charge in [-0.15, -0.1) is 10.2 Å². The Balaban J connectivity index is 1.61. The third kappa shape index (κ3) is 6.31. The van der Waals surface area contributed by atoms with Gasteiger partial charge in [0.15, 0.2) is 5.65 Å². The van der Waals surface area contributed by atoms with Crippen molar-refractivity contribution < 1.29 is 36.2 Å². The summed E-state index contributed by atoms with van der Waals surface area (Å²) in [5, 5.41) is 20.7. The number of hydrogen-bond acceptors (Lipinski definition) is 8. The van der Waals surface area contributed by atoms with Crippen LogP contribution in [0.4, 0.5) is 13.2 Å². The van der Waals surface area contributed by atoms with Gasteiger partial charge in [0.25, 0.3) is 0 Å². The lowest BCUT2D eigenvalue weighted by atomic mass is 9.70. The first-order valence-corrected chi connectivity index (χ1v) is 16.1. The smallest absolute Gasteiger partial charge is 0.452 e. The maximum atomic E-state index is 14.0. The van der Waals surface area contributed by atoms with Crippen LogP contribution in [0.15, 0.2) is 53.7 Å². The van der Waals surface area contributed by atoms with Crippen molar-refractivity contribution in [3.05, 3.63) is 82.4 Å². The molecular formula is C31H35F3N6O5S. The Morgan fingerprint density at radius 1 is 1.13 bits per heavy atom. The van der Waals surface area contributed by atoms with Crippen LogP contribution in [0.3, 0.4) is 0 Å². The fourth-order valence-electron chi connectivity index (χ4n) is 5.77. The van der Waals surface area contributed by atoms with Crippen LogP contribution in [0.5, 0.6) is 5.88 Å². The number of rotatable bonds is 6. The number of aryl methyl sites for hydroxylation is 2. The van der Waals surface area contributed by atoms with Gasteiger partial charge in [-0.05, 0) is 86.7 Å². The predicted octanol–water partition coefficient (Wildman–Crippen LogP) is 4.57. The lowest BCUT2D eigenvalue weighted by Gasteiger charge is -2.33. The average Bonchev–Trinajstić information content (AvgIpc) is 3.43. The zero-order valence-electron chi connectivity index (χ0n) is 25.8. The van der Waals surface area contributed by atoms with E-state index in [2.05, 4.69) is 20.5 Å². The highest BCUT2D eigenvalue weighted by Crippen LogP contribution is 2.44. The Bertz CT molecular complexity index is 1880. The number of nitrogens with one attached hydrogen (secondary N) is 1. The van der Waals surface area contributed by atoms with Gasteiger partial charge in [0.05, 0.1) is 5.41 Å². The second-order valence-corrected chi connectivity index (χ2v) is 13.8. The average molecular weight is 661 g/mol. The van der Waals surface area contributed by atoms with Crippen molar-refractivity contribution >= 4 is 21.6 Å². The fourth-order valence-corrected chi connectivity index (χ4v) is 7.31. The van der Waals surface area contributed by atoms with Crippen LogP contribution in [0.25, 0.3) is 5.65 Å². The summed E-state index contributed by atoms with van der Waals surface area (Å²) >= 11 is 0. The molecule has 0 saturated heterocycles. The molecule has 0 saturated carbocycles. The van der Waals surface area contributed by atoms with Crippen LogP contribution >= 0.6 is 0 Å². The largest absolute Gasteiger partial charge is 0.481 e. The molecule has 1 aliphatic rings. The molecular weight excluding hydrogens is 625 g/mol. The number of hydrogen-bond donors (Lipinski definition) is 2. The van der Waals surface area contributed by atoms with Crippen molar-refractivity contribution in [2.45, 2.75) is 57.7 Å². The van der Waals surface area contributed by atoms with Crippen molar-refractivity contribution in [2.24, 2.45) is 5.41 Å². The molecule has 1 aromatic carbocycles. The number of carboxylic acid groups (broad SMARTS) is 1. The first-order valence-electron chi connectivity index (χ1n) is 14.7. The summed E-state index contributed by atoms with van der Waals surface area (Å²) in [4.78, 5) is 16.8. The van der Waals surface area contributed by atoms with Crippen molar-refractivity contribution in [2.75, 3.05) is 26.2 Å². The van der Waals surface area contributed by atoms with E-state index in [1.807, 2.05) is 6.92 Å². The van der Waals surface area contributed by atoms with E-state index in [0.717, 1.165) is 9.96 Å². The highest BCUT2D eigenvalue weighted by atomic mass is 32.2. The number of alkyl halides is 3. The number of ether oxygens (including phenoxy) is 1. The van der Waals surface area contributed by atoms with Crippen molar-refractivity contribution in [1.82, 2.24) is 29.2 Å². The Morgan fingerprint density at radius 2 is 1.89 bits per heavy atom. The van der Waals surface area contributed by atoms with E-state index in [1.165, 1.54) is 34.9 Å². The number of aromatic nitrogens is 4. The van der Waals surface area contributed by atoms with E-state index in [0.29, 0.717) is 41.8 Å². The second-order valence-electron chi connectivity index (χ2n) is 11.9. The maximum Gasteiger partial charge on any atom is 0.452 e. The maximum absolute atomic E-state index is 14.0. The van der Waals surface area contributed by atoms with Crippen molar-refractivity contribution in [3.8, 4) is 5.88 Å². The van der Waals surface area contributed by atoms with Crippen LogP contribution in [-0.2, 0) is 27.5 Å². The number of sulfonamides is 1. The van der Waals surface area contributed by atoms with Gasteiger partial charge in [0, 0.05) is 37.9 Å². The van der Waals surface area contributed by atoms with Gasteiger partial charge in [-0.2, -0.15) is 17.5 Å². The lowest BCUT2D eigenvalue weighted by molar-refractivity contribution is -0.147. The third-order valence-corrected chi connectivity index (χ3v) is 10.2. The molecule has 11 nitrogen and oxygen atoms in total. The molecule has 246 valence electrons. The van der Waals surface area contributed by atoms with Gasteiger partial charge in [-0.3, -0.25) is 9.20 Å². The number of halogens is 3. The molecule has 0 fully saturated rings. The summed E-state index contributed by atoms with van der Waals surface area (Å²) in [6.45, 7) is 8.02. The third-order valence-electron chi connectivity index (χ3n) is 8.39. The van der Waals surface area contributed by atoms with Crippen molar-refractivity contribution in [1.29, 1.82) is 0 Å². The van der Waals surface area contributed by atoms with Gasteiger partial charge in [0.1, 0.15) is 11.5 Å². The summed E-state index contributed by atoms with van der Waals surface area (Å²) in [6, 6.07) is 9.79. The number of nitrogens with zero attached hydrogens (tertiary/aromatic N) is 5. The monoisotopic (exact) mass is 660 g/mol. The van der Waals surface area contributed by atoms with Crippen LogP contribution < -0.4 is 10.1 Å². The zero-order chi connectivity index (χ0) is 33.4. The van der Waals surface area contributed by atoms with E-state index in [9.17, 15) is 31.5 Å². The van der Waals surface area contributed by atoms with Gasteiger partial charge in [0.2, 0.25) is 21.7 Å². The normalized spacial score (nSPS) is 17.1. The summed E-state index contributed by atoms with van der Waals surface area (Å²) in [5.74, 6) is -3.14. The molecule has 1 aliphatic heterocycles. The van der Waals surface area contributed by atoms with E-state index in [4.69, 9.17) is 4.74 Å². The Morgan fingerprint density at radius 3 is 2.61 bits per heavy atom. The highest BCUT2D eigenvalue weighted by Gasteiger charge is 2.42. The molecule has 4 aromatic rings. The fraction of sp³-hybridized carbons (Fsp3) is 0.419. The Hall–Kier alpha value is -4.08. The quantitative estimate of drug-likeness (QED) is 0.305. The minimum atomic E-state index is -4.73. The predicted molar refractivity (Wildman–Crippen MR) is 162 cm³/mol. The first kappa shape index (κ1) is 33.3. The number of fused-ring (bicyclic) bond motifs is 2. The molecule has 0 amide bonds. The number of benzene rings is 1. The number of carbonyl (C=O) groups is 1. The summed E-state index contributed by atoms with van der Waals surface area (Å²) in [6.07, 6.45) is -1.54. The molecule has 2 N–H and O–H groups in total. The topological polar surface area (TPSA) is 139 Å². The van der Waals surface area contributed by atoms with E-state index < -0.39 is 39.3 Å². The molecule has 5 rings (SSSR count). The molecule has 0 aliphatic carbocycles. The molecule has 0 bridgehead atoms. The SMILES string of the molecule is Cc1ccc([C@@H](c2ccn3c(C(F)(F)F)nnc3c2C)C(C)(C)C(=O)O)cc1CN1CCCNCCOc2ncccc2S1(=O)=O.